The molecule has 2 aromatic heterocycles. The molecule has 90 valence electrons. The van der Waals surface area contributed by atoms with E-state index in [1.807, 2.05) is 18.5 Å². The Morgan fingerprint density at radius 2 is 2.47 bits per heavy atom. The zero-order valence-corrected chi connectivity index (χ0v) is 10.4. The normalized spacial score (nSPS) is 10.4. The van der Waals surface area contributed by atoms with Gasteiger partial charge >= 0.3 is 0 Å². The molecule has 0 atom stereocenters. The van der Waals surface area contributed by atoms with Crippen LogP contribution in [0.3, 0.4) is 0 Å². The fraction of sp³-hybridized carbons (Fsp3) is 0.364. The maximum atomic E-state index is 11.9. The summed E-state index contributed by atoms with van der Waals surface area (Å²) in [5, 5.41) is 6.83. The van der Waals surface area contributed by atoms with Gasteiger partial charge in [0.2, 0.25) is 0 Å². The molecule has 2 heterocycles. The van der Waals surface area contributed by atoms with Crippen molar-refractivity contribution in [2.45, 2.75) is 26.3 Å². The molecular formula is C11H14N4OS. The van der Waals surface area contributed by atoms with E-state index in [0.717, 1.165) is 35.6 Å². The summed E-state index contributed by atoms with van der Waals surface area (Å²) in [7, 11) is 0. The molecule has 0 saturated carbocycles. The molecule has 0 aliphatic heterocycles. The van der Waals surface area contributed by atoms with Crippen molar-refractivity contribution >= 4 is 17.4 Å². The smallest absolute Gasteiger partial charge is 0.265 e. The standard InChI is InChI=1S/C11H14N4OS/c1-2-3-9-10(17-15-14-9)11(16)13-7-8-4-5-12-6-8/h4-6,12H,2-3,7H2,1H3,(H,13,16). The number of aromatic nitrogens is 3. The van der Waals surface area contributed by atoms with Gasteiger partial charge in [-0.25, -0.2) is 0 Å². The van der Waals surface area contributed by atoms with Gasteiger partial charge < -0.3 is 10.3 Å². The fourth-order valence-corrected chi connectivity index (χ4v) is 2.14. The number of aromatic amines is 1. The van der Waals surface area contributed by atoms with Crippen molar-refractivity contribution in [3.8, 4) is 0 Å². The third-order valence-electron chi connectivity index (χ3n) is 2.36. The summed E-state index contributed by atoms with van der Waals surface area (Å²) in [6.45, 7) is 2.58. The van der Waals surface area contributed by atoms with Gasteiger partial charge in [-0.15, -0.1) is 5.10 Å². The van der Waals surface area contributed by atoms with Crippen LogP contribution < -0.4 is 5.32 Å². The third kappa shape index (κ3) is 2.91. The van der Waals surface area contributed by atoms with Crippen LogP contribution in [-0.4, -0.2) is 20.5 Å². The van der Waals surface area contributed by atoms with Crippen LogP contribution >= 0.6 is 11.5 Å². The maximum Gasteiger partial charge on any atom is 0.265 e. The van der Waals surface area contributed by atoms with Gasteiger partial charge in [-0.05, 0) is 29.6 Å². The van der Waals surface area contributed by atoms with Crippen molar-refractivity contribution in [3.63, 3.8) is 0 Å². The first-order valence-corrected chi connectivity index (χ1v) is 6.29. The highest BCUT2D eigenvalue weighted by Crippen LogP contribution is 2.12. The number of carbonyl (C=O) groups is 1. The lowest BCUT2D eigenvalue weighted by Crippen LogP contribution is -2.22. The van der Waals surface area contributed by atoms with Gasteiger partial charge in [0, 0.05) is 18.9 Å². The van der Waals surface area contributed by atoms with Gasteiger partial charge in [-0.2, -0.15) is 0 Å². The number of carbonyl (C=O) groups excluding carboxylic acids is 1. The minimum absolute atomic E-state index is 0.0929. The minimum atomic E-state index is -0.0929. The number of rotatable bonds is 5. The molecule has 5 nitrogen and oxygen atoms in total. The topological polar surface area (TPSA) is 70.7 Å². The van der Waals surface area contributed by atoms with Gasteiger partial charge in [-0.1, -0.05) is 17.8 Å². The fourth-order valence-electron chi connectivity index (χ4n) is 1.51. The Morgan fingerprint density at radius 1 is 1.59 bits per heavy atom. The molecule has 2 rings (SSSR count). The van der Waals surface area contributed by atoms with E-state index in [2.05, 4.69) is 26.8 Å². The van der Waals surface area contributed by atoms with Crippen molar-refractivity contribution < 1.29 is 4.79 Å². The first-order chi connectivity index (χ1) is 8.31. The van der Waals surface area contributed by atoms with Gasteiger partial charge in [0.05, 0.1) is 5.69 Å². The minimum Gasteiger partial charge on any atom is -0.367 e. The predicted octanol–water partition coefficient (Wildman–Crippen LogP) is 1.75. The summed E-state index contributed by atoms with van der Waals surface area (Å²) in [5.74, 6) is -0.0929. The molecule has 2 aromatic rings. The van der Waals surface area contributed by atoms with Crippen LogP contribution in [0.25, 0.3) is 0 Å². The molecule has 2 N–H and O–H groups in total. The zero-order chi connectivity index (χ0) is 12.1. The number of amides is 1. The summed E-state index contributed by atoms with van der Waals surface area (Å²) in [4.78, 5) is 15.5. The van der Waals surface area contributed by atoms with E-state index >= 15 is 0 Å². The summed E-state index contributed by atoms with van der Waals surface area (Å²) < 4.78 is 3.83. The van der Waals surface area contributed by atoms with Crippen molar-refractivity contribution in [1.29, 1.82) is 0 Å². The summed E-state index contributed by atoms with van der Waals surface area (Å²) in [6.07, 6.45) is 5.45. The second kappa shape index (κ2) is 5.58. The van der Waals surface area contributed by atoms with E-state index in [4.69, 9.17) is 0 Å². The molecule has 0 radical (unpaired) electrons. The summed E-state index contributed by atoms with van der Waals surface area (Å²) in [5.41, 5.74) is 1.84. The lowest BCUT2D eigenvalue weighted by atomic mass is 10.2. The van der Waals surface area contributed by atoms with Crippen molar-refractivity contribution in [1.82, 2.24) is 19.9 Å². The molecule has 6 heteroatoms. The number of nitrogens with one attached hydrogen (secondary N) is 2. The molecule has 0 spiro atoms. The van der Waals surface area contributed by atoms with Gasteiger partial charge in [0.1, 0.15) is 4.88 Å². The van der Waals surface area contributed by atoms with Crippen LogP contribution in [0.1, 0.15) is 34.3 Å². The van der Waals surface area contributed by atoms with Crippen molar-refractivity contribution in [2.75, 3.05) is 0 Å². The third-order valence-corrected chi connectivity index (χ3v) is 3.13. The predicted molar refractivity (Wildman–Crippen MR) is 65.9 cm³/mol. The van der Waals surface area contributed by atoms with Crippen molar-refractivity contribution in [2.24, 2.45) is 0 Å². The van der Waals surface area contributed by atoms with E-state index in [1.165, 1.54) is 0 Å². The molecule has 17 heavy (non-hydrogen) atoms. The van der Waals surface area contributed by atoms with Gasteiger partial charge in [0.15, 0.2) is 0 Å². The van der Waals surface area contributed by atoms with Gasteiger partial charge in [0.25, 0.3) is 5.91 Å². The van der Waals surface area contributed by atoms with Crippen LogP contribution in [0.15, 0.2) is 18.5 Å². The molecular weight excluding hydrogens is 236 g/mol. The monoisotopic (exact) mass is 250 g/mol. The number of nitrogens with zero attached hydrogens (tertiary/aromatic N) is 2. The Labute approximate surface area is 103 Å². The molecule has 0 saturated heterocycles. The number of hydrogen-bond donors (Lipinski definition) is 2. The molecule has 0 bridgehead atoms. The molecule has 0 aromatic carbocycles. The summed E-state index contributed by atoms with van der Waals surface area (Å²) >= 11 is 1.15. The lowest BCUT2D eigenvalue weighted by molar-refractivity contribution is 0.0954. The molecule has 0 aliphatic rings. The van der Waals surface area contributed by atoms with Crippen LogP contribution in [0, 0.1) is 0 Å². The Morgan fingerprint density at radius 3 is 3.18 bits per heavy atom. The highest BCUT2D eigenvalue weighted by molar-refractivity contribution is 7.08. The highest BCUT2D eigenvalue weighted by atomic mass is 32.1. The first-order valence-electron chi connectivity index (χ1n) is 5.52. The largest absolute Gasteiger partial charge is 0.367 e. The Hall–Kier alpha value is -1.69. The molecule has 0 aliphatic carbocycles. The Balaban J connectivity index is 1.97. The van der Waals surface area contributed by atoms with E-state index in [1.54, 1.807) is 0 Å². The second-order valence-electron chi connectivity index (χ2n) is 3.70. The average molecular weight is 250 g/mol. The van der Waals surface area contributed by atoms with Crippen LogP contribution in [0.2, 0.25) is 0 Å². The van der Waals surface area contributed by atoms with E-state index in [9.17, 15) is 4.79 Å². The quantitative estimate of drug-likeness (QED) is 0.849. The van der Waals surface area contributed by atoms with Crippen LogP contribution in [0.4, 0.5) is 0 Å². The van der Waals surface area contributed by atoms with Crippen LogP contribution in [0.5, 0.6) is 0 Å². The molecule has 0 fully saturated rings. The molecule has 1 amide bonds. The number of hydrogen-bond acceptors (Lipinski definition) is 4. The van der Waals surface area contributed by atoms with E-state index in [-0.39, 0.29) is 5.91 Å². The number of H-pyrrole nitrogens is 1. The van der Waals surface area contributed by atoms with Crippen LogP contribution in [-0.2, 0) is 13.0 Å². The number of aryl methyl sites for hydroxylation is 1. The van der Waals surface area contributed by atoms with E-state index in [0.29, 0.717) is 11.4 Å². The average Bonchev–Trinajstić information content (AvgIpc) is 2.97. The highest BCUT2D eigenvalue weighted by Gasteiger charge is 2.15. The first kappa shape index (κ1) is 11.8. The zero-order valence-electron chi connectivity index (χ0n) is 9.56. The maximum absolute atomic E-state index is 11.9. The van der Waals surface area contributed by atoms with Crippen molar-refractivity contribution in [3.05, 3.63) is 34.6 Å². The Kier molecular flexibility index (Phi) is 3.87. The van der Waals surface area contributed by atoms with E-state index < -0.39 is 0 Å². The van der Waals surface area contributed by atoms with Gasteiger partial charge in [-0.3, -0.25) is 4.79 Å². The lowest BCUT2D eigenvalue weighted by Gasteiger charge is -2.02. The second-order valence-corrected chi connectivity index (χ2v) is 4.45. The Bertz CT molecular complexity index is 477. The molecule has 0 unspecified atom stereocenters. The SMILES string of the molecule is CCCc1nnsc1C(=O)NCc1cc[nH]c1. The summed E-state index contributed by atoms with van der Waals surface area (Å²) in [6, 6.07) is 1.93.